The van der Waals surface area contributed by atoms with Crippen molar-refractivity contribution in [2.75, 3.05) is 0 Å². The molecule has 0 aromatic carbocycles. The number of hydrogen-bond acceptors (Lipinski definition) is 4. The maximum atomic E-state index is 11.4. The van der Waals surface area contributed by atoms with E-state index in [1.54, 1.807) is 0 Å². The maximum Gasteiger partial charge on any atom is 0.454 e. The maximum absolute atomic E-state index is 11.4. The fourth-order valence-electron chi connectivity index (χ4n) is 0.576. The molecule has 0 rings (SSSR count). The zero-order chi connectivity index (χ0) is 21.7. The second-order valence-electron chi connectivity index (χ2n) is 3.78. The second-order valence-corrected chi connectivity index (χ2v) is 3.78. The molecule has 20 heteroatoms. The molecule has 7 nitrogen and oxygen atoms in total. The number of carbonyl (C=O) groups is 2. The number of alkyl halides is 12. The molecule has 8 N–H and O–H groups in total. The zero-order valence-corrected chi connectivity index (χ0v) is 14.2. The molecule has 0 saturated carbocycles. The van der Waals surface area contributed by atoms with Gasteiger partial charge in [-0.05, 0) is 0 Å². The van der Waals surface area contributed by atoms with Crippen molar-refractivity contribution in [1.82, 2.24) is 0 Å². The standard InChI is InChI=1S/2C5H2F6O2.Ni.3H2O/c2*6-4(7,8)2(12)1-3(13)5(9,10)11;;;;/h2*1,12H;;3*1H2. The predicted octanol–water partition coefficient (Wildman–Crippen LogP) is 1.77. The van der Waals surface area contributed by atoms with Crippen LogP contribution in [-0.2, 0) is 26.1 Å². The minimum absolute atomic E-state index is 0. The molecule has 0 aliphatic carbocycles. The van der Waals surface area contributed by atoms with Crippen LogP contribution in [0.15, 0.2) is 23.7 Å². The van der Waals surface area contributed by atoms with Gasteiger partial charge in [-0.3, -0.25) is 9.59 Å². The van der Waals surface area contributed by atoms with E-state index in [0.717, 1.165) is 0 Å². The summed E-state index contributed by atoms with van der Waals surface area (Å²) in [4.78, 5) is 19.7. The Bertz CT molecular complexity index is 534. The van der Waals surface area contributed by atoms with Crippen molar-refractivity contribution in [2.45, 2.75) is 24.7 Å². The Morgan fingerprint density at radius 1 is 0.500 bits per heavy atom. The number of ketones is 2. The third-order valence-corrected chi connectivity index (χ3v) is 1.68. The fraction of sp³-hybridized carbons (Fsp3) is 0.400. The molecule has 0 aromatic rings. The van der Waals surface area contributed by atoms with Gasteiger partial charge in [0.15, 0.2) is 0 Å². The van der Waals surface area contributed by atoms with E-state index in [9.17, 15) is 62.3 Å². The number of hydrogen-bond donors (Lipinski definition) is 2. The molecule has 0 amide bonds. The minimum Gasteiger partial charge on any atom is -0.504 e. The number of halogens is 12. The molecule has 0 aliphatic rings. The topological polar surface area (TPSA) is 169 Å². The average Bonchev–Trinajstić information content (AvgIpc) is 2.34. The molecule has 0 aromatic heterocycles. The number of aliphatic hydroxyl groups excluding tert-OH is 2. The molecule has 30 heavy (non-hydrogen) atoms. The SMILES string of the molecule is O.O.O.O=C(C=C(O)C(F)(F)F)C(F)(F)F.O=C(C=C(O)C(F)(F)F)C(F)(F)F.[Ni]. The first-order valence-electron chi connectivity index (χ1n) is 5.28. The van der Waals surface area contributed by atoms with E-state index in [4.69, 9.17) is 10.2 Å². The van der Waals surface area contributed by atoms with Crippen LogP contribution < -0.4 is 0 Å². The minimum atomic E-state index is -5.42. The van der Waals surface area contributed by atoms with Gasteiger partial charge in [-0.15, -0.1) is 0 Å². The smallest absolute Gasteiger partial charge is 0.454 e. The van der Waals surface area contributed by atoms with Crippen LogP contribution in [0.5, 0.6) is 0 Å². The third-order valence-electron chi connectivity index (χ3n) is 1.68. The molecular formula is C10H10F12NiO7. The fourth-order valence-corrected chi connectivity index (χ4v) is 0.576. The summed E-state index contributed by atoms with van der Waals surface area (Å²) in [6, 6.07) is 0. The van der Waals surface area contributed by atoms with Crippen LogP contribution in [0, 0.1) is 0 Å². The van der Waals surface area contributed by atoms with Crippen molar-refractivity contribution in [1.29, 1.82) is 0 Å². The van der Waals surface area contributed by atoms with Gasteiger partial charge in [0.25, 0.3) is 11.6 Å². The number of allylic oxidation sites excluding steroid dienone is 4. The first-order chi connectivity index (χ1) is 11.1. The van der Waals surface area contributed by atoms with E-state index >= 15 is 0 Å². The number of carbonyl (C=O) groups excluding carboxylic acids is 2. The summed E-state index contributed by atoms with van der Waals surface area (Å²) in [5, 5.41) is 15.9. The molecule has 0 heterocycles. The summed E-state index contributed by atoms with van der Waals surface area (Å²) < 4.78 is 136. The quantitative estimate of drug-likeness (QED) is 0.241. The first-order valence-corrected chi connectivity index (χ1v) is 5.28. The van der Waals surface area contributed by atoms with Gasteiger partial charge < -0.3 is 26.6 Å². The van der Waals surface area contributed by atoms with Gasteiger partial charge in [0.05, 0.1) is 0 Å². The monoisotopic (exact) mass is 528 g/mol. The Hall–Kier alpha value is -2.05. The van der Waals surface area contributed by atoms with Crippen molar-refractivity contribution < 1.29 is 105 Å². The summed E-state index contributed by atoms with van der Waals surface area (Å²) >= 11 is 0. The zero-order valence-electron chi connectivity index (χ0n) is 13.2. The first kappa shape index (κ1) is 42.1. The Labute approximate surface area is 166 Å². The molecule has 0 spiro atoms. The largest absolute Gasteiger partial charge is 0.504 e. The third kappa shape index (κ3) is 18.0. The van der Waals surface area contributed by atoms with Crippen LogP contribution in [0.3, 0.4) is 0 Å². The van der Waals surface area contributed by atoms with Gasteiger partial charge >= 0.3 is 24.7 Å². The predicted molar refractivity (Wildman–Crippen MR) is 66.5 cm³/mol. The molecule has 0 saturated heterocycles. The number of aliphatic hydroxyl groups is 2. The van der Waals surface area contributed by atoms with Gasteiger partial charge in [-0.2, -0.15) is 52.7 Å². The van der Waals surface area contributed by atoms with Crippen LogP contribution >= 0.6 is 0 Å². The van der Waals surface area contributed by atoms with Crippen LogP contribution in [-0.4, -0.2) is 62.9 Å². The van der Waals surface area contributed by atoms with E-state index in [1.807, 2.05) is 0 Å². The molecule has 0 fully saturated rings. The second kappa shape index (κ2) is 14.0. The van der Waals surface area contributed by atoms with Crippen molar-refractivity contribution >= 4 is 11.6 Å². The van der Waals surface area contributed by atoms with Crippen LogP contribution in [0.25, 0.3) is 0 Å². The van der Waals surface area contributed by atoms with Crippen molar-refractivity contribution in [3.8, 4) is 0 Å². The Morgan fingerprint density at radius 3 is 0.767 bits per heavy atom. The van der Waals surface area contributed by atoms with Gasteiger partial charge in [0, 0.05) is 28.6 Å². The van der Waals surface area contributed by atoms with Gasteiger partial charge in [-0.25, -0.2) is 0 Å². The summed E-state index contributed by atoms with van der Waals surface area (Å²) in [6.45, 7) is 0. The van der Waals surface area contributed by atoms with Gasteiger partial charge in [0.2, 0.25) is 11.5 Å². The Morgan fingerprint density at radius 2 is 0.667 bits per heavy atom. The van der Waals surface area contributed by atoms with Crippen LogP contribution in [0.2, 0.25) is 0 Å². The van der Waals surface area contributed by atoms with E-state index in [1.165, 1.54) is 0 Å². The van der Waals surface area contributed by atoms with E-state index in [-0.39, 0.29) is 32.9 Å². The molecule has 0 atom stereocenters. The van der Waals surface area contributed by atoms with E-state index in [0.29, 0.717) is 0 Å². The average molecular weight is 529 g/mol. The molecule has 0 bridgehead atoms. The normalized spacial score (nSPS) is 12.5. The summed E-state index contributed by atoms with van der Waals surface area (Å²) in [5.74, 6) is -10.7. The molecule has 0 unspecified atom stereocenters. The number of rotatable bonds is 2. The van der Waals surface area contributed by atoms with Gasteiger partial charge in [0.1, 0.15) is 0 Å². The Kier molecular flexibility index (Phi) is 19.7. The van der Waals surface area contributed by atoms with E-state index in [2.05, 4.69) is 0 Å². The molecule has 0 radical (unpaired) electrons. The summed E-state index contributed by atoms with van der Waals surface area (Å²) in [6.07, 6.45) is -23.4. The molecule has 0 aliphatic heterocycles. The van der Waals surface area contributed by atoms with Crippen molar-refractivity contribution in [3.63, 3.8) is 0 Å². The summed E-state index contributed by atoms with van der Waals surface area (Å²) in [7, 11) is 0. The van der Waals surface area contributed by atoms with Crippen LogP contribution in [0.1, 0.15) is 0 Å². The van der Waals surface area contributed by atoms with Crippen molar-refractivity contribution in [2.24, 2.45) is 0 Å². The van der Waals surface area contributed by atoms with Crippen LogP contribution in [0.4, 0.5) is 52.7 Å². The van der Waals surface area contributed by atoms with Crippen molar-refractivity contribution in [3.05, 3.63) is 23.7 Å². The van der Waals surface area contributed by atoms with E-state index < -0.39 is 59.9 Å². The molecule has 186 valence electrons. The molecular weight excluding hydrogens is 519 g/mol. The summed E-state index contributed by atoms with van der Waals surface area (Å²) in [5.41, 5.74) is 0. The van der Waals surface area contributed by atoms with Gasteiger partial charge in [-0.1, -0.05) is 0 Å². The Balaban J connectivity index is -0.0000000847.